The lowest BCUT2D eigenvalue weighted by atomic mass is 9.69. The van der Waals surface area contributed by atoms with Crippen molar-refractivity contribution in [1.29, 1.82) is 0 Å². The van der Waals surface area contributed by atoms with Gasteiger partial charge in [0.2, 0.25) is 0 Å². The van der Waals surface area contributed by atoms with Crippen LogP contribution in [-0.4, -0.2) is 25.7 Å². The molecule has 0 spiro atoms. The largest absolute Gasteiger partial charge is 0.299 e. The van der Waals surface area contributed by atoms with Gasteiger partial charge in [-0.2, -0.15) is 0 Å². The Morgan fingerprint density at radius 2 is 1.74 bits per heavy atom. The van der Waals surface area contributed by atoms with Gasteiger partial charge in [0, 0.05) is 18.4 Å². The molecule has 2 aliphatic rings. The van der Waals surface area contributed by atoms with Crippen LogP contribution in [0.25, 0.3) is 0 Å². The van der Waals surface area contributed by atoms with E-state index < -0.39 is 15.3 Å². The van der Waals surface area contributed by atoms with Gasteiger partial charge in [0.05, 0.1) is 16.1 Å². The molecule has 0 saturated heterocycles. The number of carbonyl (C=O) groups excluding carboxylic acids is 2. The van der Waals surface area contributed by atoms with E-state index in [2.05, 4.69) is 0 Å². The summed E-state index contributed by atoms with van der Waals surface area (Å²) in [5.74, 6) is -0.240. The molecule has 3 rings (SSSR count). The number of rotatable bonds is 4. The Morgan fingerprint density at radius 1 is 1.04 bits per heavy atom. The van der Waals surface area contributed by atoms with E-state index >= 15 is 0 Å². The molecule has 0 heterocycles. The Labute approximate surface area is 136 Å². The lowest BCUT2D eigenvalue weighted by Gasteiger charge is -2.33. The predicted molar refractivity (Wildman–Crippen MR) is 86.7 cm³/mol. The fourth-order valence-electron chi connectivity index (χ4n) is 3.92. The van der Waals surface area contributed by atoms with Crippen LogP contribution in [0, 0.1) is 5.41 Å². The third-order valence-electron chi connectivity index (χ3n) is 5.23. The molecular formula is C18H20O4S. The Morgan fingerprint density at radius 3 is 2.39 bits per heavy atom. The Balaban J connectivity index is 2.06. The minimum Gasteiger partial charge on any atom is -0.299 e. The summed E-state index contributed by atoms with van der Waals surface area (Å²) in [6.45, 7) is 1.95. The second-order valence-electron chi connectivity index (χ2n) is 6.31. The normalized spacial score (nSPS) is 24.9. The van der Waals surface area contributed by atoms with Crippen molar-refractivity contribution in [1.82, 2.24) is 0 Å². The molecule has 0 amide bonds. The van der Waals surface area contributed by atoms with Gasteiger partial charge in [-0.1, -0.05) is 25.1 Å². The first-order chi connectivity index (χ1) is 10.9. The second-order valence-corrected chi connectivity index (χ2v) is 8.30. The van der Waals surface area contributed by atoms with E-state index in [0.717, 1.165) is 5.57 Å². The monoisotopic (exact) mass is 332 g/mol. The van der Waals surface area contributed by atoms with Crippen LogP contribution in [0.1, 0.15) is 39.0 Å². The van der Waals surface area contributed by atoms with Crippen LogP contribution in [-0.2, 0) is 19.4 Å². The van der Waals surface area contributed by atoms with Crippen LogP contribution in [0.4, 0.5) is 0 Å². The van der Waals surface area contributed by atoms with Gasteiger partial charge < -0.3 is 0 Å². The predicted octanol–water partition coefficient (Wildman–Crippen LogP) is 2.88. The third kappa shape index (κ3) is 2.57. The van der Waals surface area contributed by atoms with Crippen LogP contribution in [0.2, 0.25) is 0 Å². The molecule has 1 fully saturated rings. The lowest BCUT2D eigenvalue weighted by Crippen LogP contribution is -2.34. The zero-order valence-electron chi connectivity index (χ0n) is 13.2. The van der Waals surface area contributed by atoms with Gasteiger partial charge in [-0.05, 0) is 37.0 Å². The van der Waals surface area contributed by atoms with Crippen LogP contribution in [0.5, 0.6) is 0 Å². The van der Waals surface area contributed by atoms with Gasteiger partial charge in [-0.25, -0.2) is 8.42 Å². The minimum absolute atomic E-state index is 0.113. The summed E-state index contributed by atoms with van der Waals surface area (Å²) in [6.07, 6.45) is 2.39. The Kier molecular flexibility index (Phi) is 4.00. The molecule has 4 nitrogen and oxygen atoms in total. The number of fused-ring (bicyclic) bond motifs is 1. The fraction of sp³-hybridized carbons (Fsp3) is 0.444. The summed E-state index contributed by atoms with van der Waals surface area (Å²) < 4.78 is 25.3. The number of ketones is 2. The van der Waals surface area contributed by atoms with Gasteiger partial charge in [0.25, 0.3) is 0 Å². The Bertz CT molecular complexity index is 790. The van der Waals surface area contributed by atoms with Gasteiger partial charge >= 0.3 is 0 Å². The van der Waals surface area contributed by atoms with Crippen molar-refractivity contribution in [2.75, 3.05) is 5.75 Å². The summed E-state index contributed by atoms with van der Waals surface area (Å²) in [6, 6.07) is 8.18. The summed E-state index contributed by atoms with van der Waals surface area (Å²) in [5, 5.41) is 0. The molecule has 122 valence electrons. The molecule has 5 heteroatoms. The molecule has 1 aromatic carbocycles. The van der Waals surface area contributed by atoms with Crippen molar-refractivity contribution >= 4 is 21.4 Å². The van der Waals surface area contributed by atoms with Crippen LogP contribution in [0.15, 0.2) is 46.4 Å². The first-order valence-electron chi connectivity index (χ1n) is 7.97. The maximum absolute atomic E-state index is 12.6. The fourth-order valence-corrected chi connectivity index (χ4v) is 5.37. The van der Waals surface area contributed by atoms with Crippen molar-refractivity contribution in [3.05, 3.63) is 41.5 Å². The molecule has 23 heavy (non-hydrogen) atoms. The molecule has 1 aromatic rings. The second kappa shape index (κ2) is 5.71. The molecule has 0 aliphatic heterocycles. The highest BCUT2D eigenvalue weighted by Crippen LogP contribution is 2.51. The standard InChI is InChI=1S/C18H20O4S/c1-2-18-11-10-16(19)14(15(18)8-9-17(18)20)12-23(21,22)13-6-4-3-5-7-13/h3-7H,2,8-12H2,1H3/t18-/m0/s1. The summed E-state index contributed by atoms with van der Waals surface area (Å²) in [4.78, 5) is 25.0. The van der Waals surface area contributed by atoms with E-state index in [1.54, 1.807) is 30.3 Å². The molecule has 0 unspecified atom stereocenters. The zero-order chi connectivity index (χ0) is 16.7. The highest BCUT2D eigenvalue weighted by molar-refractivity contribution is 7.91. The number of benzene rings is 1. The quantitative estimate of drug-likeness (QED) is 0.850. The molecule has 0 bridgehead atoms. The van der Waals surface area contributed by atoms with Crippen LogP contribution < -0.4 is 0 Å². The van der Waals surface area contributed by atoms with E-state index in [-0.39, 0.29) is 28.6 Å². The van der Waals surface area contributed by atoms with Crippen LogP contribution in [0.3, 0.4) is 0 Å². The molecular weight excluding hydrogens is 312 g/mol. The van der Waals surface area contributed by atoms with Crippen molar-refractivity contribution in [2.45, 2.75) is 43.9 Å². The number of carbonyl (C=O) groups is 2. The highest BCUT2D eigenvalue weighted by Gasteiger charge is 2.49. The van der Waals surface area contributed by atoms with Gasteiger partial charge in [-0.3, -0.25) is 9.59 Å². The summed E-state index contributed by atoms with van der Waals surface area (Å²) in [5.41, 5.74) is 0.573. The number of hydrogen-bond donors (Lipinski definition) is 0. The molecule has 0 aromatic heterocycles. The zero-order valence-corrected chi connectivity index (χ0v) is 14.0. The SMILES string of the molecule is CC[C@]12CCC(=O)C(CS(=O)(=O)c3ccccc3)=C1CCC2=O. The van der Waals surface area contributed by atoms with Crippen molar-refractivity contribution in [3.63, 3.8) is 0 Å². The number of hydrogen-bond acceptors (Lipinski definition) is 4. The smallest absolute Gasteiger partial charge is 0.182 e. The topological polar surface area (TPSA) is 68.3 Å². The van der Waals surface area contributed by atoms with E-state index in [0.29, 0.717) is 31.3 Å². The third-order valence-corrected chi connectivity index (χ3v) is 6.89. The molecule has 0 radical (unpaired) electrons. The average molecular weight is 332 g/mol. The van der Waals surface area contributed by atoms with E-state index in [9.17, 15) is 18.0 Å². The highest BCUT2D eigenvalue weighted by atomic mass is 32.2. The average Bonchev–Trinajstić information content (AvgIpc) is 2.89. The lowest BCUT2D eigenvalue weighted by molar-refractivity contribution is -0.126. The minimum atomic E-state index is -3.57. The number of Topliss-reactive ketones (excluding diaryl/α,β-unsaturated/α-hetero) is 2. The van der Waals surface area contributed by atoms with Gasteiger partial charge in [-0.15, -0.1) is 0 Å². The van der Waals surface area contributed by atoms with Crippen molar-refractivity contribution in [3.8, 4) is 0 Å². The van der Waals surface area contributed by atoms with Crippen molar-refractivity contribution in [2.24, 2.45) is 5.41 Å². The van der Waals surface area contributed by atoms with Crippen LogP contribution >= 0.6 is 0 Å². The van der Waals surface area contributed by atoms with E-state index in [1.165, 1.54) is 0 Å². The first-order valence-corrected chi connectivity index (χ1v) is 9.63. The van der Waals surface area contributed by atoms with Gasteiger partial charge in [0.1, 0.15) is 5.78 Å². The molecule has 1 saturated carbocycles. The van der Waals surface area contributed by atoms with E-state index in [4.69, 9.17) is 0 Å². The first kappa shape index (κ1) is 16.1. The van der Waals surface area contributed by atoms with E-state index in [1.807, 2.05) is 6.92 Å². The van der Waals surface area contributed by atoms with Crippen molar-refractivity contribution < 1.29 is 18.0 Å². The molecule has 1 atom stereocenters. The van der Waals surface area contributed by atoms with Gasteiger partial charge in [0.15, 0.2) is 15.6 Å². The number of allylic oxidation sites excluding steroid dienone is 1. The maximum atomic E-state index is 12.6. The number of sulfone groups is 1. The molecule has 2 aliphatic carbocycles. The summed E-state index contributed by atoms with van der Waals surface area (Å²) >= 11 is 0. The Hall–Kier alpha value is -1.75. The summed E-state index contributed by atoms with van der Waals surface area (Å²) in [7, 11) is -3.57. The maximum Gasteiger partial charge on any atom is 0.182 e. The molecule has 0 N–H and O–H groups in total.